The topological polar surface area (TPSA) is 3.24 Å². The predicted octanol–water partition coefficient (Wildman–Crippen LogP) is 3.61. The van der Waals surface area contributed by atoms with Crippen LogP contribution in [-0.2, 0) is 0 Å². The van der Waals surface area contributed by atoms with E-state index in [1.165, 1.54) is 32.4 Å². The molecule has 0 aromatic heterocycles. The minimum Gasteiger partial charge on any atom is -0.293 e. The third kappa shape index (κ3) is 1.56. The molecule has 0 amide bonds. The van der Waals surface area contributed by atoms with Crippen molar-refractivity contribution in [1.29, 1.82) is 0 Å². The molecule has 15 heavy (non-hydrogen) atoms. The lowest BCUT2D eigenvalue weighted by molar-refractivity contribution is 0.0644. The Morgan fingerprint density at radius 2 is 1.93 bits per heavy atom. The molecule has 1 nitrogen and oxygen atoms in total. The monoisotopic (exact) mass is 207 g/mol. The molecule has 2 aliphatic heterocycles. The summed E-state index contributed by atoms with van der Waals surface area (Å²) in [7, 11) is 0. The lowest BCUT2D eigenvalue weighted by Crippen LogP contribution is -2.48. The molecule has 0 saturated carbocycles. The highest BCUT2D eigenvalue weighted by Crippen LogP contribution is 2.51. The molecule has 2 fully saturated rings. The molecule has 0 aromatic rings. The molecule has 0 bridgehead atoms. The Hall–Kier alpha value is -0.300. The molecular weight excluding hydrogens is 182 g/mol. The van der Waals surface area contributed by atoms with Crippen LogP contribution in [0.1, 0.15) is 53.9 Å². The van der Waals surface area contributed by atoms with Gasteiger partial charge in [-0.1, -0.05) is 31.9 Å². The summed E-state index contributed by atoms with van der Waals surface area (Å²) in [6.45, 7) is 14.3. The average molecular weight is 207 g/mol. The highest BCUT2D eigenvalue weighted by molar-refractivity contribution is 5.26. The first-order valence-corrected chi connectivity index (χ1v) is 6.27. The second kappa shape index (κ2) is 3.35. The van der Waals surface area contributed by atoms with Crippen molar-refractivity contribution in [3.63, 3.8) is 0 Å². The highest BCUT2D eigenvalue weighted by Gasteiger charge is 2.53. The van der Waals surface area contributed by atoms with Crippen LogP contribution in [0.15, 0.2) is 11.1 Å². The Kier molecular flexibility index (Phi) is 2.50. The Labute approximate surface area is 94.5 Å². The van der Waals surface area contributed by atoms with E-state index in [0.717, 1.165) is 0 Å². The molecule has 0 spiro atoms. The molecule has 2 aliphatic rings. The van der Waals surface area contributed by atoms with Crippen molar-refractivity contribution in [2.75, 3.05) is 13.1 Å². The van der Waals surface area contributed by atoms with Gasteiger partial charge in [0, 0.05) is 12.1 Å². The zero-order valence-corrected chi connectivity index (χ0v) is 11.0. The normalized spacial score (nSPS) is 32.2. The van der Waals surface area contributed by atoms with Crippen LogP contribution in [-0.4, -0.2) is 23.5 Å². The van der Waals surface area contributed by atoms with Crippen molar-refractivity contribution in [2.24, 2.45) is 5.41 Å². The van der Waals surface area contributed by atoms with E-state index in [9.17, 15) is 0 Å². The maximum atomic E-state index is 2.75. The standard InChI is InChI=1S/C14H25N/c1-11(2)12-9-14(13(3,4)5)7-6-8-15(14)10-12/h6-10H2,1-5H3. The fraction of sp³-hybridized carbons (Fsp3) is 0.857. The Morgan fingerprint density at radius 3 is 2.40 bits per heavy atom. The van der Waals surface area contributed by atoms with E-state index in [-0.39, 0.29) is 0 Å². The predicted molar refractivity (Wildman–Crippen MR) is 66.0 cm³/mol. The van der Waals surface area contributed by atoms with E-state index < -0.39 is 0 Å². The minimum atomic E-state index is 0.417. The fourth-order valence-corrected chi connectivity index (χ4v) is 3.45. The quantitative estimate of drug-likeness (QED) is 0.549. The van der Waals surface area contributed by atoms with Crippen LogP contribution in [0.3, 0.4) is 0 Å². The zero-order valence-electron chi connectivity index (χ0n) is 11.0. The number of fused-ring (bicyclic) bond motifs is 1. The summed E-state index contributed by atoms with van der Waals surface area (Å²) in [6, 6.07) is 0. The van der Waals surface area contributed by atoms with Crippen LogP contribution < -0.4 is 0 Å². The first-order valence-electron chi connectivity index (χ1n) is 6.27. The van der Waals surface area contributed by atoms with E-state index >= 15 is 0 Å². The van der Waals surface area contributed by atoms with E-state index in [2.05, 4.69) is 39.5 Å². The van der Waals surface area contributed by atoms with Crippen LogP contribution >= 0.6 is 0 Å². The molecular formula is C14H25N. The third-order valence-electron chi connectivity index (χ3n) is 4.61. The number of allylic oxidation sites excluding steroid dienone is 1. The molecule has 0 aromatic carbocycles. The van der Waals surface area contributed by atoms with Crippen molar-refractivity contribution < 1.29 is 0 Å². The lowest BCUT2D eigenvalue weighted by Gasteiger charge is -2.44. The second-order valence-electron chi connectivity index (χ2n) is 6.59. The first-order chi connectivity index (χ1) is 6.87. The molecule has 0 radical (unpaired) electrons. The number of nitrogens with zero attached hydrogens (tertiary/aromatic N) is 1. The van der Waals surface area contributed by atoms with Gasteiger partial charge in [-0.15, -0.1) is 0 Å². The van der Waals surface area contributed by atoms with Crippen LogP contribution in [0, 0.1) is 5.41 Å². The Balaban J connectivity index is 2.35. The molecule has 0 aliphatic carbocycles. The van der Waals surface area contributed by atoms with Gasteiger partial charge in [-0.2, -0.15) is 0 Å². The maximum absolute atomic E-state index is 2.75. The zero-order chi connectivity index (χ0) is 11.3. The summed E-state index contributed by atoms with van der Waals surface area (Å²) in [4.78, 5) is 2.75. The van der Waals surface area contributed by atoms with Crippen LogP contribution in [0.4, 0.5) is 0 Å². The second-order valence-corrected chi connectivity index (χ2v) is 6.59. The van der Waals surface area contributed by atoms with Crippen molar-refractivity contribution >= 4 is 0 Å². The molecule has 2 saturated heterocycles. The Morgan fingerprint density at radius 1 is 1.27 bits per heavy atom. The largest absolute Gasteiger partial charge is 0.293 e. The Bertz CT molecular complexity index is 291. The van der Waals surface area contributed by atoms with Crippen LogP contribution in [0.25, 0.3) is 0 Å². The molecule has 0 N–H and O–H groups in total. The van der Waals surface area contributed by atoms with Gasteiger partial charge in [-0.05, 0) is 45.1 Å². The lowest BCUT2D eigenvalue weighted by atomic mass is 9.70. The molecule has 1 atom stereocenters. The van der Waals surface area contributed by atoms with E-state index in [1.807, 2.05) is 0 Å². The smallest absolute Gasteiger partial charge is 0.0299 e. The summed E-state index contributed by atoms with van der Waals surface area (Å²) in [6.07, 6.45) is 4.11. The van der Waals surface area contributed by atoms with Crippen molar-refractivity contribution in [3.05, 3.63) is 11.1 Å². The average Bonchev–Trinajstić information content (AvgIpc) is 2.55. The van der Waals surface area contributed by atoms with Gasteiger partial charge in [0.15, 0.2) is 0 Å². The van der Waals surface area contributed by atoms with Crippen molar-refractivity contribution in [3.8, 4) is 0 Å². The van der Waals surface area contributed by atoms with Gasteiger partial charge in [0.25, 0.3) is 0 Å². The number of rotatable bonds is 0. The number of hydrogen-bond donors (Lipinski definition) is 0. The maximum Gasteiger partial charge on any atom is 0.0299 e. The van der Waals surface area contributed by atoms with Gasteiger partial charge in [-0.3, -0.25) is 4.90 Å². The third-order valence-corrected chi connectivity index (χ3v) is 4.61. The molecule has 2 rings (SSSR count). The van der Waals surface area contributed by atoms with E-state index in [4.69, 9.17) is 0 Å². The van der Waals surface area contributed by atoms with Crippen molar-refractivity contribution in [1.82, 2.24) is 4.90 Å². The van der Waals surface area contributed by atoms with Gasteiger partial charge < -0.3 is 0 Å². The van der Waals surface area contributed by atoms with Crippen LogP contribution in [0.2, 0.25) is 0 Å². The van der Waals surface area contributed by atoms with Gasteiger partial charge in [0.1, 0.15) is 0 Å². The summed E-state index contributed by atoms with van der Waals surface area (Å²) in [5.41, 5.74) is 4.14. The highest BCUT2D eigenvalue weighted by atomic mass is 15.3. The SMILES string of the molecule is CC(C)=C1CN2CCCC2(C(C)(C)C)C1. The fourth-order valence-electron chi connectivity index (χ4n) is 3.45. The van der Waals surface area contributed by atoms with Crippen molar-refractivity contribution in [2.45, 2.75) is 59.4 Å². The minimum absolute atomic E-state index is 0.417. The van der Waals surface area contributed by atoms with E-state index in [1.54, 1.807) is 11.1 Å². The number of hydrogen-bond acceptors (Lipinski definition) is 1. The first kappa shape index (κ1) is 11.2. The summed E-state index contributed by atoms with van der Waals surface area (Å²) < 4.78 is 0. The molecule has 2 heterocycles. The molecule has 86 valence electrons. The van der Waals surface area contributed by atoms with Gasteiger partial charge in [0.2, 0.25) is 0 Å². The molecule has 1 unspecified atom stereocenters. The van der Waals surface area contributed by atoms with Gasteiger partial charge in [-0.25, -0.2) is 0 Å². The summed E-state index contributed by atoms with van der Waals surface area (Å²) in [5.74, 6) is 0. The summed E-state index contributed by atoms with van der Waals surface area (Å²) >= 11 is 0. The van der Waals surface area contributed by atoms with Gasteiger partial charge >= 0.3 is 0 Å². The molecule has 1 heteroatoms. The van der Waals surface area contributed by atoms with Crippen LogP contribution in [0.5, 0.6) is 0 Å². The van der Waals surface area contributed by atoms with Gasteiger partial charge in [0.05, 0.1) is 0 Å². The summed E-state index contributed by atoms with van der Waals surface area (Å²) in [5, 5.41) is 0. The van der Waals surface area contributed by atoms with E-state index in [0.29, 0.717) is 11.0 Å².